The lowest BCUT2D eigenvalue weighted by Crippen LogP contribution is -2.17. The van der Waals surface area contributed by atoms with Crippen LogP contribution < -0.4 is 5.32 Å². The molecule has 1 aromatic heterocycles. The van der Waals surface area contributed by atoms with E-state index in [1.165, 1.54) is 11.3 Å². The van der Waals surface area contributed by atoms with Crippen LogP contribution in [-0.4, -0.2) is 0 Å². The summed E-state index contributed by atoms with van der Waals surface area (Å²) in [6.07, 6.45) is 0. The monoisotopic (exact) mass is 310 g/mol. The predicted molar refractivity (Wildman–Crippen MR) is 80.8 cm³/mol. The maximum absolute atomic E-state index is 8.78. The molecule has 0 radical (unpaired) electrons. The molecule has 0 bridgehead atoms. The maximum atomic E-state index is 8.78. The van der Waals surface area contributed by atoms with Crippen molar-refractivity contribution in [1.29, 1.82) is 5.26 Å². The van der Waals surface area contributed by atoms with E-state index < -0.39 is 0 Å². The highest BCUT2D eigenvalue weighted by molar-refractivity contribution is 7.12. The number of rotatable bonds is 4. The number of nitrogens with zero attached hydrogens (tertiary/aromatic N) is 1. The molecule has 98 valence electrons. The number of benzene rings is 1. The number of hydrogen-bond donors (Lipinski definition) is 1. The third-order valence-corrected chi connectivity index (χ3v) is 4.53. The van der Waals surface area contributed by atoms with Gasteiger partial charge in [0.25, 0.3) is 0 Å². The zero-order valence-electron chi connectivity index (χ0n) is 10.3. The lowest BCUT2D eigenvalue weighted by molar-refractivity contribution is 0.579. The van der Waals surface area contributed by atoms with E-state index in [0.29, 0.717) is 10.0 Å². The molecule has 1 atom stereocenters. The molecule has 19 heavy (non-hydrogen) atoms. The number of hydrogen-bond acceptors (Lipinski definition) is 3. The zero-order valence-corrected chi connectivity index (χ0v) is 12.6. The molecule has 0 aliphatic rings. The summed E-state index contributed by atoms with van der Waals surface area (Å²) in [5.41, 5.74) is 1.09. The number of thiophene rings is 1. The molecule has 2 aromatic rings. The van der Waals surface area contributed by atoms with Crippen molar-refractivity contribution in [1.82, 2.24) is 5.32 Å². The highest BCUT2D eigenvalue weighted by Crippen LogP contribution is 2.26. The minimum Gasteiger partial charge on any atom is -0.305 e. The van der Waals surface area contributed by atoms with Gasteiger partial charge in [-0.3, -0.25) is 0 Å². The first-order valence-electron chi connectivity index (χ1n) is 5.77. The summed E-state index contributed by atoms with van der Waals surface area (Å²) < 4.78 is 0. The molecule has 0 fully saturated rings. The molecule has 1 heterocycles. The molecule has 5 heteroatoms. The Bertz CT molecular complexity index is 616. The predicted octanol–water partition coefficient (Wildman–Crippen LogP) is 4.78. The van der Waals surface area contributed by atoms with Gasteiger partial charge in [0.1, 0.15) is 10.9 Å². The Balaban J connectivity index is 1.99. The highest BCUT2D eigenvalue weighted by atomic mass is 35.5. The van der Waals surface area contributed by atoms with E-state index in [2.05, 4.69) is 18.3 Å². The third-order valence-electron chi connectivity index (χ3n) is 2.80. The molecule has 0 saturated carbocycles. The van der Waals surface area contributed by atoms with Gasteiger partial charge in [-0.25, -0.2) is 0 Å². The fourth-order valence-electron chi connectivity index (χ4n) is 1.69. The van der Waals surface area contributed by atoms with Crippen LogP contribution >= 0.6 is 34.5 Å². The fraction of sp³-hybridized carbons (Fsp3) is 0.214. The van der Waals surface area contributed by atoms with E-state index in [0.717, 1.165) is 21.9 Å². The summed E-state index contributed by atoms with van der Waals surface area (Å²) in [6.45, 7) is 2.80. The van der Waals surface area contributed by atoms with Gasteiger partial charge in [0.15, 0.2) is 0 Å². The molecule has 0 aliphatic carbocycles. The van der Waals surface area contributed by atoms with Crippen molar-refractivity contribution in [2.75, 3.05) is 0 Å². The molecule has 2 nitrogen and oxygen atoms in total. The van der Waals surface area contributed by atoms with Gasteiger partial charge in [0, 0.05) is 17.5 Å². The van der Waals surface area contributed by atoms with Crippen LogP contribution in [0.1, 0.15) is 28.3 Å². The van der Waals surface area contributed by atoms with Gasteiger partial charge in [-0.15, -0.1) is 11.3 Å². The van der Waals surface area contributed by atoms with E-state index in [9.17, 15) is 0 Å². The van der Waals surface area contributed by atoms with Crippen molar-refractivity contribution in [3.63, 3.8) is 0 Å². The first-order chi connectivity index (χ1) is 9.10. The van der Waals surface area contributed by atoms with Crippen LogP contribution in [0.2, 0.25) is 10.0 Å². The number of nitrogens with one attached hydrogen (secondary N) is 1. The van der Waals surface area contributed by atoms with Crippen LogP contribution in [0.4, 0.5) is 0 Å². The van der Waals surface area contributed by atoms with E-state index in [-0.39, 0.29) is 6.04 Å². The SMILES string of the molecule is CC(NCc1ccc(C#N)s1)c1ccc(Cl)c(Cl)c1. The molecule has 2 rings (SSSR count). The first-order valence-corrected chi connectivity index (χ1v) is 7.34. The Kier molecular flexibility index (Phi) is 4.84. The minimum absolute atomic E-state index is 0.169. The summed E-state index contributed by atoms with van der Waals surface area (Å²) in [5.74, 6) is 0. The highest BCUT2D eigenvalue weighted by Gasteiger charge is 2.08. The van der Waals surface area contributed by atoms with E-state index in [4.69, 9.17) is 28.5 Å². The van der Waals surface area contributed by atoms with Crippen molar-refractivity contribution in [3.8, 4) is 6.07 Å². The van der Waals surface area contributed by atoms with Crippen LogP contribution in [0.25, 0.3) is 0 Å². The van der Waals surface area contributed by atoms with Gasteiger partial charge < -0.3 is 5.32 Å². The molecule has 1 unspecified atom stereocenters. The van der Waals surface area contributed by atoms with Crippen molar-refractivity contribution < 1.29 is 0 Å². The Labute approximate surface area is 126 Å². The summed E-state index contributed by atoms with van der Waals surface area (Å²) in [5, 5.41) is 13.3. The summed E-state index contributed by atoms with van der Waals surface area (Å²) >= 11 is 13.4. The van der Waals surface area contributed by atoms with E-state index >= 15 is 0 Å². The first kappa shape index (κ1) is 14.4. The summed E-state index contributed by atoms with van der Waals surface area (Å²) in [6, 6.07) is 11.7. The topological polar surface area (TPSA) is 35.8 Å². The number of halogens is 2. The third kappa shape index (κ3) is 3.71. The van der Waals surface area contributed by atoms with Crippen LogP contribution in [0.5, 0.6) is 0 Å². The Morgan fingerprint density at radius 1 is 1.26 bits per heavy atom. The largest absolute Gasteiger partial charge is 0.305 e. The molecule has 0 aliphatic heterocycles. The molecule has 1 aromatic carbocycles. The van der Waals surface area contributed by atoms with Crippen molar-refractivity contribution in [2.45, 2.75) is 19.5 Å². The maximum Gasteiger partial charge on any atom is 0.110 e. The number of nitriles is 1. The molecule has 0 saturated heterocycles. The normalized spacial score (nSPS) is 12.1. The second-order valence-electron chi connectivity index (χ2n) is 4.15. The van der Waals surface area contributed by atoms with Gasteiger partial charge in [-0.2, -0.15) is 5.26 Å². The lowest BCUT2D eigenvalue weighted by atomic mass is 10.1. The van der Waals surface area contributed by atoms with E-state index in [1.807, 2.05) is 24.3 Å². The van der Waals surface area contributed by atoms with Gasteiger partial charge in [0.2, 0.25) is 0 Å². The van der Waals surface area contributed by atoms with Crippen LogP contribution in [0.15, 0.2) is 30.3 Å². The zero-order chi connectivity index (χ0) is 13.8. The Hall–Kier alpha value is -1.05. The quantitative estimate of drug-likeness (QED) is 0.882. The molecule has 0 amide bonds. The summed E-state index contributed by atoms with van der Waals surface area (Å²) in [4.78, 5) is 1.88. The summed E-state index contributed by atoms with van der Waals surface area (Å²) in [7, 11) is 0. The van der Waals surface area contributed by atoms with Gasteiger partial charge in [-0.1, -0.05) is 29.3 Å². The second-order valence-corrected chi connectivity index (χ2v) is 6.14. The molecular weight excluding hydrogens is 299 g/mol. The van der Waals surface area contributed by atoms with Crippen LogP contribution in [-0.2, 0) is 6.54 Å². The molecule has 1 N–H and O–H groups in total. The van der Waals surface area contributed by atoms with E-state index in [1.54, 1.807) is 6.07 Å². The van der Waals surface area contributed by atoms with Gasteiger partial charge in [0.05, 0.1) is 10.0 Å². The van der Waals surface area contributed by atoms with Crippen LogP contribution in [0.3, 0.4) is 0 Å². The molecule has 0 spiro atoms. The van der Waals surface area contributed by atoms with Crippen molar-refractivity contribution in [3.05, 3.63) is 55.7 Å². The standard InChI is InChI=1S/C14H12Cl2N2S/c1-9(10-2-5-13(15)14(16)6-10)18-8-12-4-3-11(7-17)19-12/h2-6,9,18H,8H2,1H3. The Morgan fingerprint density at radius 2 is 2.05 bits per heavy atom. The van der Waals surface area contributed by atoms with Crippen molar-refractivity contribution in [2.24, 2.45) is 0 Å². The van der Waals surface area contributed by atoms with Gasteiger partial charge >= 0.3 is 0 Å². The van der Waals surface area contributed by atoms with Gasteiger partial charge in [-0.05, 0) is 36.8 Å². The van der Waals surface area contributed by atoms with Crippen LogP contribution in [0, 0.1) is 11.3 Å². The minimum atomic E-state index is 0.169. The average Bonchev–Trinajstić information content (AvgIpc) is 2.87. The average molecular weight is 311 g/mol. The smallest absolute Gasteiger partial charge is 0.110 e. The fourth-order valence-corrected chi connectivity index (χ4v) is 2.75. The second kappa shape index (κ2) is 6.40. The Morgan fingerprint density at radius 3 is 2.68 bits per heavy atom. The van der Waals surface area contributed by atoms with Crippen molar-refractivity contribution >= 4 is 34.5 Å². The molecular formula is C14H12Cl2N2S. The lowest BCUT2D eigenvalue weighted by Gasteiger charge is -2.14.